The molecule has 0 unspecified atom stereocenters. The van der Waals surface area contributed by atoms with Crippen LogP contribution < -0.4 is 0 Å². The normalized spacial score (nSPS) is 12.3. The topological polar surface area (TPSA) is 30.7 Å². The van der Waals surface area contributed by atoms with Crippen LogP contribution in [0.4, 0.5) is 13.2 Å². The average Bonchev–Trinajstić information content (AvgIpc) is 2.92. The van der Waals surface area contributed by atoms with Gasteiger partial charge in [0, 0.05) is 22.7 Å². The summed E-state index contributed by atoms with van der Waals surface area (Å²) >= 11 is 4.50. The third-order valence-corrected chi connectivity index (χ3v) is 4.54. The minimum Gasteiger partial charge on any atom is -0.306 e. The Balaban J connectivity index is 2.32. The molecule has 0 spiro atoms. The van der Waals surface area contributed by atoms with E-state index in [4.69, 9.17) is 0 Å². The maximum atomic E-state index is 13.0. The van der Waals surface area contributed by atoms with Gasteiger partial charge in [0.05, 0.1) is 5.56 Å². The molecule has 3 rings (SSSR count). The summed E-state index contributed by atoms with van der Waals surface area (Å²) in [7, 11) is 0. The molecule has 0 radical (unpaired) electrons. The zero-order chi connectivity index (χ0) is 18.4. The van der Waals surface area contributed by atoms with Gasteiger partial charge in [0.2, 0.25) is 0 Å². The Morgan fingerprint density at radius 1 is 1.24 bits per heavy atom. The van der Waals surface area contributed by atoms with Crippen molar-refractivity contribution in [1.29, 1.82) is 0 Å². The molecule has 0 aliphatic rings. The highest BCUT2D eigenvalue weighted by molar-refractivity contribution is 7.80. The van der Waals surface area contributed by atoms with E-state index < -0.39 is 11.7 Å². The molecular formula is C18H18F3N3S. The SMILES string of the molecule is CCc1c(S)cccc1-c1nc2cc(C(F)(F)F)cnc2n1C(C)C. The van der Waals surface area contributed by atoms with Crippen molar-refractivity contribution in [3.63, 3.8) is 0 Å². The van der Waals surface area contributed by atoms with Crippen LogP contribution >= 0.6 is 12.6 Å². The molecule has 2 heterocycles. The number of hydrogen-bond donors (Lipinski definition) is 1. The van der Waals surface area contributed by atoms with Gasteiger partial charge in [-0.15, -0.1) is 12.6 Å². The lowest BCUT2D eigenvalue weighted by atomic mass is 10.0. The zero-order valence-corrected chi connectivity index (χ0v) is 15.0. The molecule has 132 valence electrons. The second kappa shape index (κ2) is 6.37. The van der Waals surface area contributed by atoms with Gasteiger partial charge in [-0.3, -0.25) is 0 Å². The van der Waals surface area contributed by atoms with Crippen LogP contribution in [0.25, 0.3) is 22.6 Å². The second-order valence-electron chi connectivity index (χ2n) is 6.12. The molecule has 1 aromatic carbocycles. The van der Waals surface area contributed by atoms with Crippen molar-refractivity contribution in [2.45, 2.75) is 44.3 Å². The maximum absolute atomic E-state index is 13.0. The largest absolute Gasteiger partial charge is 0.417 e. The fourth-order valence-corrected chi connectivity index (χ4v) is 3.34. The fraction of sp³-hybridized carbons (Fsp3) is 0.333. The van der Waals surface area contributed by atoms with Crippen LogP contribution in [0.15, 0.2) is 35.4 Å². The van der Waals surface area contributed by atoms with E-state index in [1.165, 1.54) is 0 Å². The summed E-state index contributed by atoms with van der Waals surface area (Å²) in [4.78, 5) is 9.39. The van der Waals surface area contributed by atoms with E-state index in [0.29, 0.717) is 11.5 Å². The van der Waals surface area contributed by atoms with E-state index in [1.54, 1.807) is 0 Å². The van der Waals surface area contributed by atoms with Gasteiger partial charge < -0.3 is 4.57 Å². The molecule has 0 N–H and O–H groups in total. The zero-order valence-electron chi connectivity index (χ0n) is 14.1. The predicted octanol–water partition coefficient (Wildman–Crippen LogP) is 5.55. The lowest BCUT2D eigenvalue weighted by molar-refractivity contribution is -0.137. The third-order valence-electron chi connectivity index (χ3n) is 4.12. The number of rotatable bonds is 3. The molecule has 25 heavy (non-hydrogen) atoms. The van der Waals surface area contributed by atoms with Crippen LogP contribution in [0.1, 0.15) is 37.9 Å². The van der Waals surface area contributed by atoms with Crippen LogP contribution in [-0.4, -0.2) is 14.5 Å². The highest BCUT2D eigenvalue weighted by atomic mass is 32.1. The lowest BCUT2D eigenvalue weighted by Gasteiger charge is -2.15. The second-order valence-corrected chi connectivity index (χ2v) is 6.60. The van der Waals surface area contributed by atoms with E-state index in [0.717, 1.165) is 34.7 Å². The van der Waals surface area contributed by atoms with Crippen LogP contribution in [0, 0.1) is 0 Å². The number of thiol groups is 1. The average molecular weight is 365 g/mol. The van der Waals surface area contributed by atoms with E-state index in [1.807, 2.05) is 43.5 Å². The summed E-state index contributed by atoms with van der Waals surface area (Å²) < 4.78 is 40.8. The minimum absolute atomic E-state index is 0.00230. The molecule has 0 saturated carbocycles. The van der Waals surface area contributed by atoms with Crippen LogP contribution in [0.5, 0.6) is 0 Å². The molecule has 7 heteroatoms. The third kappa shape index (κ3) is 3.13. The summed E-state index contributed by atoms with van der Waals surface area (Å²) in [6, 6.07) is 6.74. The summed E-state index contributed by atoms with van der Waals surface area (Å²) in [5.41, 5.74) is 1.78. The number of hydrogen-bond acceptors (Lipinski definition) is 3. The van der Waals surface area contributed by atoms with E-state index in [9.17, 15) is 13.2 Å². The first-order valence-electron chi connectivity index (χ1n) is 8.00. The maximum Gasteiger partial charge on any atom is 0.417 e. The van der Waals surface area contributed by atoms with Crippen molar-refractivity contribution in [1.82, 2.24) is 14.5 Å². The molecule has 0 bridgehead atoms. The van der Waals surface area contributed by atoms with Gasteiger partial charge in [-0.2, -0.15) is 13.2 Å². The van der Waals surface area contributed by atoms with Gasteiger partial charge in [-0.05, 0) is 38.0 Å². The first kappa shape index (κ1) is 17.8. The number of benzene rings is 1. The highest BCUT2D eigenvalue weighted by Crippen LogP contribution is 2.35. The number of halogens is 3. The standard InChI is InChI=1S/C18H18F3N3S/c1-4-12-13(6-5-7-15(12)25)16-23-14-8-11(18(19,20)21)9-22-17(14)24(16)10(2)3/h5-10,25H,4H2,1-3H3. The molecule has 3 aromatic rings. The quantitative estimate of drug-likeness (QED) is 0.617. The van der Waals surface area contributed by atoms with E-state index in [2.05, 4.69) is 22.6 Å². The smallest absolute Gasteiger partial charge is 0.306 e. The number of fused-ring (bicyclic) bond motifs is 1. The van der Waals surface area contributed by atoms with Crippen LogP contribution in [0.3, 0.4) is 0 Å². The molecule has 3 nitrogen and oxygen atoms in total. The Morgan fingerprint density at radius 3 is 2.56 bits per heavy atom. The highest BCUT2D eigenvalue weighted by Gasteiger charge is 2.32. The molecule has 0 fully saturated rings. The van der Waals surface area contributed by atoms with E-state index >= 15 is 0 Å². The lowest BCUT2D eigenvalue weighted by Crippen LogP contribution is -2.07. The molecule has 0 aliphatic carbocycles. The number of nitrogens with zero attached hydrogens (tertiary/aromatic N) is 3. The minimum atomic E-state index is -4.44. The Labute approximate surface area is 149 Å². The Kier molecular flexibility index (Phi) is 4.53. The van der Waals surface area contributed by atoms with Crippen LogP contribution in [-0.2, 0) is 12.6 Å². The number of alkyl halides is 3. The van der Waals surface area contributed by atoms with Crippen molar-refractivity contribution >= 4 is 23.8 Å². The molecular weight excluding hydrogens is 347 g/mol. The summed E-state index contributed by atoms with van der Waals surface area (Å²) in [6.45, 7) is 5.93. The van der Waals surface area contributed by atoms with Gasteiger partial charge >= 0.3 is 6.18 Å². The van der Waals surface area contributed by atoms with Gasteiger partial charge in [0.15, 0.2) is 5.65 Å². The number of aromatic nitrogens is 3. The van der Waals surface area contributed by atoms with Crippen molar-refractivity contribution in [3.8, 4) is 11.4 Å². The first-order chi connectivity index (χ1) is 11.7. The van der Waals surface area contributed by atoms with Crippen molar-refractivity contribution in [2.24, 2.45) is 0 Å². The monoisotopic (exact) mass is 365 g/mol. The number of pyridine rings is 1. The molecule has 2 aromatic heterocycles. The van der Waals surface area contributed by atoms with Gasteiger partial charge in [0.1, 0.15) is 11.3 Å². The molecule has 0 atom stereocenters. The Morgan fingerprint density at radius 2 is 1.96 bits per heavy atom. The molecule has 0 saturated heterocycles. The summed E-state index contributed by atoms with van der Waals surface area (Å²) in [6.07, 6.45) is -2.83. The van der Waals surface area contributed by atoms with Gasteiger partial charge in [-0.25, -0.2) is 9.97 Å². The predicted molar refractivity (Wildman–Crippen MR) is 95.0 cm³/mol. The van der Waals surface area contributed by atoms with Crippen molar-refractivity contribution in [2.75, 3.05) is 0 Å². The Bertz CT molecular complexity index is 929. The van der Waals surface area contributed by atoms with Gasteiger partial charge in [-0.1, -0.05) is 19.1 Å². The molecule has 0 aliphatic heterocycles. The fourth-order valence-electron chi connectivity index (χ4n) is 2.97. The number of imidazole rings is 1. The summed E-state index contributed by atoms with van der Waals surface area (Å²) in [5.74, 6) is 0.615. The van der Waals surface area contributed by atoms with Crippen LogP contribution in [0.2, 0.25) is 0 Å². The Hall–Kier alpha value is -2.02. The first-order valence-corrected chi connectivity index (χ1v) is 8.45. The van der Waals surface area contributed by atoms with Crippen molar-refractivity contribution < 1.29 is 13.2 Å². The van der Waals surface area contributed by atoms with E-state index in [-0.39, 0.29) is 11.6 Å². The molecule has 0 amide bonds. The van der Waals surface area contributed by atoms with Gasteiger partial charge in [0.25, 0.3) is 0 Å². The summed E-state index contributed by atoms with van der Waals surface area (Å²) in [5, 5.41) is 0. The van der Waals surface area contributed by atoms with Crippen molar-refractivity contribution in [3.05, 3.63) is 41.6 Å².